The molecule has 0 rings (SSSR count). The lowest BCUT2D eigenvalue weighted by Gasteiger charge is -2.15. The highest BCUT2D eigenvalue weighted by molar-refractivity contribution is 5.87. The molecule has 1 amide bonds. The van der Waals surface area contributed by atoms with E-state index in [4.69, 9.17) is 17.3 Å². The first kappa shape index (κ1) is 13.4. The first-order valence-electron chi connectivity index (χ1n) is 4.24. The number of carbonyl (C=O) groups excluding carboxylic acids is 1. The summed E-state index contributed by atoms with van der Waals surface area (Å²) in [6, 6.07) is -2.00. The molecule has 6 heteroatoms. The molecule has 0 aliphatic carbocycles. The maximum atomic E-state index is 11.3. The van der Waals surface area contributed by atoms with E-state index in [9.17, 15) is 9.59 Å². The van der Waals surface area contributed by atoms with Crippen molar-refractivity contribution in [3.8, 4) is 12.3 Å². The van der Waals surface area contributed by atoms with Crippen LogP contribution >= 0.6 is 0 Å². The van der Waals surface area contributed by atoms with E-state index in [1.165, 1.54) is 7.11 Å². The number of carbonyl (C=O) groups is 2. The van der Waals surface area contributed by atoms with Crippen molar-refractivity contribution in [3.05, 3.63) is 0 Å². The number of hydrogen-bond donors (Lipinski definition) is 3. The largest absolute Gasteiger partial charge is 0.480 e. The van der Waals surface area contributed by atoms with Gasteiger partial charge >= 0.3 is 5.97 Å². The molecule has 0 aliphatic heterocycles. The van der Waals surface area contributed by atoms with Gasteiger partial charge in [-0.15, -0.1) is 12.3 Å². The standard InChI is InChI=1S/C9H14N2O4/c1-3-4-7(9(13)14)11-8(12)6(10)5-15-2/h1,6-7H,4-5,10H2,2H3,(H,11,12)(H,13,14). The molecule has 0 heterocycles. The molecule has 0 aromatic heterocycles. The fourth-order valence-electron chi connectivity index (χ4n) is 0.852. The van der Waals surface area contributed by atoms with Crippen molar-refractivity contribution in [2.75, 3.05) is 13.7 Å². The first-order chi connectivity index (χ1) is 7.02. The van der Waals surface area contributed by atoms with Crippen molar-refractivity contribution < 1.29 is 19.4 Å². The van der Waals surface area contributed by atoms with E-state index in [-0.39, 0.29) is 13.0 Å². The van der Waals surface area contributed by atoms with Gasteiger partial charge in [0, 0.05) is 13.5 Å². The predicted octanol–water partition coefficient (Wildman–Crippen LogP) is -1.45. The van der Waals surface area contributed by atoms with Gasteiger partial charge < -0.3 is 20.9 Å². The summed E-state index contributed by atoms with van der Waals surface area (Å²) in [5.41, 5.74) is 5.39. The van der Waals surface area contributed by atoms with Crippen molar-refractivity contribution in [2.24, 2.45) is 5.73 Å². The van der Waals surface area contributed by atoms with Gasteiger partial charge in [-0.3, -0.25) is 4.79 Å². The van der Waals surface area contributed by atoms with Crippen LogP contribution in [-0.4, -0.2) is 42.8 Å². The number of aliphatic carboxylic acids is 1. The molecule has 84 valence electrons. The number of carboxylic acid groups (broad SMARTS) is 1. The second kappa shape index (κ2) is 6.81. The third kappa shape index (κ3) is 5.00. The zero-order valence-electron chi connectivity index (χ0n) is 8.40. The van der Waals surface area contributed by atoms with Gasteiger partial charge in [-0.05, 0) is 0 Å². The Kier molecular flexibility index (Phi) is 6.09. The van der Waals surface area contributed by atoms with Gasteiger partial charge in [0.2, 0.25) is 5.91 Å². The zero-order valence-corrected chi connectivity index (χ0v) is 8.40. The molecule has 0 saturated carbocycles. The Labute approximate surface area is 87.8 Å². The Hall–Kier alpha value is -1.58. The Bertz CT molecular complexity index is 272. The summed E-state index contributed by atoms with van der Waals surface area (Å²) in [6.07, 6.45) is 4.87. The Morgan fingerprint density at radius 3 is 2.67 bits per heavy atom. The van der Waals surface area contributed by atoms with Crippen molar-refractivity contribution in [2.45, 2.75) is 18.5 Å². The van der Waals surface area contributed by atoms with Crippen LogP contribution in [0.15, 0.2) is 0 Å². The van der Waals surface area contributed by atoms with Gasteiger partial charge in [0.05, 0.1) is 6.61 Å². The summed E-state index contributed by atoms with van der Waals surface area (Å²) in [4.78, 5) is 21.9. The fourth-order valence-corrected chi connectivity index (χ4v) is 0.852. The number of rotatable bonds is 6. The maximum absolute atomic E-state index is 11.3. The van der Waals surface area contributed by atoms with Gasteiger partial charge in [-0.25, -0.2) is 4.79 Å². The highest BCUT2D eigenvalue weighted by Crippen LogP contribution is 1.92. The number of hydrogen-bond acceptors (Lipinski definition) is 4. The normalized spacial score (nSPS) is 13.7. The number of nitrogens with one attached hydrogen (secondary N) is 1. The van der Waals surface area contributed by atoms with Crippen LogP contribution in [0.3, 0.4) is 0 Å². The van der Waals surface area contributed by atoms with E-state index in [2.05, 4.69) is 16.0 Å². The smallest absolute Gasteiger partial charge is 0.327 e. The molecule has 4 N–H and O–H groups in total. The monoisotopic (exact) mass is 214 g/mol. The van der Waals surface area contributed by atoms with E-state index in [1.54, 1.807) is 0 Å². The van der Waals surface area contributed by atoms with Crippen molar-refractivity contribution in [1.29, 1.82) is 0 Å². The van der Waals surface area contributed by atoms with E-state index >= 15 is 0 Å². The maximum Gasteiger partial charge on any atom is 0.327 e. The summed E-state index contributed by atoms with van der Waals surface area (Å²) >= 11 is 0. The van der Waals surface area contributed by atoms with Crippen LogP contribution in [0.25, 0.3) is 0 Å². The van der Waals surface area contributed by atoms with Crippen LogP contribution in [-0.2, 0) is 14.3 Å². The molecule has 0 spiro atoms. The van der Waals surface area contributed by atoms with Gasteiger partial charge in [0.1, 0.15) is 12.1 Å². The van der Waals surface area contributed by atoms with Crippen LogP contribution < -0.4 is 11.1 Å². The van der Waals surface area contributed by atoms with Crippen LogP contribution in [0.4, 0.5) is 0 Å². The molecule has 2 atom stereocenters. The summed E-state index contributed by atoms with van der Waals surface area (Å²) < 4.78 is 4.65. The molecule has 15 heavy (non-hydrogen) atoms. The highest BCUT2D eigenvalue weighted by Gasteiger charge is 2.22. The fraction of sp³-hybridized carbons (Fsp3) is 0.556. The molecule has 0 aliphatic rings. The SMILES string of the molecule is C#CCC(NC(=O)C(N)COC)C(=O)O. The van der Waals surface area contributed by atoms with Crippen LogP contribution in [0, 0.1) is 12.3 Å². The van der Waals surface area contributed by atoms with Crippen molar-refractivity contribution in [1.82, 2.24) is 5.32 Å². The molecular weight excluding hydrogens is 200 g/mol. The average molecular weight is 214 g/mol. The molecule has 2 unspecified atom stereocenters. The number of methoxy groups -OCH3 is 1. The van der Waals surface area contributed by atoms with Gasteiger partial charge in [0.15, 0.2) is 0 Å². The second-order valence-corrected chi connectivity index (χ2v) is 2.87. The Balaban J connectivity index is 4.23. The van der Waals surface area contributed by atoms with Gasteiger partial charge in [-0.2, -0.15) is 0 Å². The third-order valence-electron chi connectivity index (χ3n) is 1.62. The minimum absolute atomic E-state index is 0.0220. The lowest BCUT2D eigenvalue weighted by atomic mass is 10.2. The number of amides is 1. The summed E-state index contributed by atoms with van der Waals surface area (Å²) in [7, 11) is 1.39. The molecular formula is C9H14N2O4. The van der Waals surface area contributed by atoms with Crippen LogP contribution in [0.2, 0.25) is 0 Å². The van der Waals surface area contributed by atoms with E-state index in [0.29, 0.717) is 0 Å². The minimum atomic E-state index is -1.19. The second-order valence-electron chi connectivity index (χ2n) is 2.87. The zero-order chi connectivity index (χ0) is 11.8. The van der Waals surface area contributed by atoms with Gasteiger partial charge in [-0.1, -0.05) is 0 Å². The lowest BCUT2D eigenvalue weighted by Crippen LogP contribution is -2.49. The topological polar surface area (TPSA) is 102 Å². The molecule has 0 aromatic carbocycles. The number of ether oxygens (including phenoxy) is 1. The van der Waals surface area contributed by atoms with Crippen LogP contribution in [0.5, 0.6) is 0 Å². The molecule has 0 radical (unpaired) electrons. The molecule has 0 aromatic rings. The molecule has 0 saturated heterocycles. The van der Waals surface area contributed by atoms with E-state index < -0.39 is 24.0 Å². The minimum Gasteiger partial charge on any atom is -0.480 e. The Morgan fingerprint density at radius 2 is 2.27 bits per heavy atom. The number of terminal acetylenes is 1. The highest BCUT2D eigenvalue weighted by atomic mass is 16.5. The molecule has 6 nitrogen and oxygen atoms in total. The summed E-state index contributed by atoms with van der Waals surface area (Å²) in [5, 5.41) is 10.9. The third-order valence-corrected chi connectivity index (χ3v) is 1.62. The predicted molar refractivity (Wildman–Crippen MR) is 52.9 cm³/mol. The molecule has 0 fully saturated rings. The van der Waals surface area contributed by atoms with Crippen molar-refractivity contribution >= 4 is 11.9 Å². The summed E-state index contributed by atoms with van der Waals surface area (Å²) in [6.45, 7) is 0.0220. The Morgan fingerprint density at radius 1 is 1.67 bits per heavy atom. The number of carboxylic acids is 1. The first-order valence-corrected chi connectivity index (χ1v) is 4.24. The lowest BCUT2D eigenvalue weighted by molar-refractivity contribution is -0.142. The number of nitrogens with two attached hydrogens (primary N) is 1. The molecule has 0 bridgehead atoms. The quantitative estimate of drug-likeness (QED) is 0.470. The van der Waals surface area contributed by atoms with Gasteiger partial charge in [0.25, 0.3) is 0 Å². The van der Waals surface area contributed by atoms with Crippen LogP contribution in [0.1, 0.15) is 6.42 Å². The summed E-state index contributed by atoms with van der Waals surface area (Å²) in [5.74, 6) is 0.371. The van der Waals surface area contributed by atoms with E-state index in [1.807, 2.05) is 0 Å². The van der Waals surface area contributed by atoms with E-state index in [0.717, 1.165) is 0 Å². The average Bonchev–Trinajstić information content (AvgIpc) is 2.17. The van der Waals surface area contributed by atoms with Crippen molar-refractivity contribution in [3.63, 3.8) is 0 Å².